The first-order chi connectivity index (χ1) is 12.2. The third-order valence-corrected chi connectivity index (χ3v) is 5.15. The molecule has 0 bridgehead atoms. The van der Waals surface area contributed by atoms with Gasteiger partial charge in [0.15, 0.2) is 0 Å². The van der Waals surface area contributed by atoms with Crippen molar-refractivity contribution in [2.45, 2.75) is 19.8 Å². The first kappa shape index (κ1) is 17.6. The molecule has 128 valence electrons. The summed E-state index contributed by atoms with van der Waals surface area (Å²) in [4.78, 5) is 16.8. The van der Waals surface area contributed by atoms with E-state index in [1.807, 2.05) is 48.5 Å². The molecule has 1 heterocycles. The molecular formula is C20H19ClN2OS. The van der Waals surface area contributed by atoms with E-state index in [4.69, 9.17) is 11.6 Å². The summed E-state index contributed by atoms with van der Waals surface area (Å²) in [5, 5.41) is 6.85. The normalized spacial score (nSPS) is 10.6. The molecule has 25 heavy (non-hydrogen) atoms. The summed E-state index contributed by atoms with van der Waals surface area (Å²) < 4.78 is 0. The van der Waals surface area contributed by atoms with Crippen LogP contribution in [0.2, 0.25) is 5.02 Å². The molecule has 3 aromatic rings. The van der Waals surface area contributed by atoms with Gasteiger partial charge in [0.1, 0.15) is 0 Å². The van der Waals surface area contributed by atoms with Crippen molar-refractivity contribution in [2.75, 3.05) is 6.54 Å². The van der Waals surface area contributed by atoms with E-state index < -0.39 is 0 Å². The quantitative estimate of drug-likeness (QED) is 0.663. The highest BCUT2D eigenvalue weighted by Gasteiger charge is 2.07. The highest BCUT2D eigenvalue weighted by Crippen LogP contribution is 2.22. The number of nitrogens with zero attached hydrogens (tertiary/aromatic N) is 1. The number of carbonyl (C=O) groups excluding carboxylic acids is 1. The Kier molecular flexibility index (Phi) is 5.84. The summed E-state index contributed by atoms with van der Waals surface area (Å²) >= 11 is 7.54. The van der Waals surface area contributed by atoms with Crippen molar-refractivity contribution in [3.8, 4) is 11.3 Å². The molecule has 2 aromatic carbocycles. The fraction of sp³-hybridized carbons (Fsp3) is 0.200. The highest BCUT2D eigenvalue weighted by molar-refractivity contribution is 7.09. The van der Waals surface area contributed by atoms with Gasteiger partial charge in [0, 0.05) is 28.1 Å². The molecule has 0 saturated carbocycles. The summed E-state index contributed by atoms with van der Waals surface area (Å²) in [5.41, 5.74) is 3.81. The average molecular weight is 371 g/mol. The zero-order valence-corrected chi connectivity index (χ0v) is 15.5. The fourth-order valence-corrected chi connectivity index (χ4v) is 3.35. The number of nitrogens with one attached hydrogen (secondary N) is 1. The minimum atomic E-state index is -0.0620. The van der Waals surface area contributed by atoms with E-state index in [1.165, 1.54) is 0 Å². The number of thiazole rings is 1. The van der Waals surface area contributed by atoms with Crippen LogP contribution in [-0.2, 0) is 12.8 Å². The van der Waals surface area contributed by atoms with Crippen LogP contribution in [0, 0.1) is 0 Å². The molecule has 0 spiro atoms. The molecule has 5 heteroatoms. The summed E-state index contributed by atoms with van der Waals surface area (Å²) in [6.45, 7) is 2.69. The van der Waals surface area contributed by atoms with E-state index >= 15 is 0 Å². The van der Waals surface area contributed by atoms with Gasteiger partial charge in [0.25, 0.3) is 5.91 Å². The Balaban J connectivity index is 1.56. The van der Waals surface area contributed by atoms with Crippen molar-refractivity contribution < 1.29 is 4.79 Å². The Morgan fingerprint density at radius 1 is 1.12 bits per heavy atom. The predicted molar refractivity (Wildman–Crippen MR) is 104 cm³/mol. The van der Waals surface area contributed by atoms with Crippen LogP contribution in [0.3, 0.4) is 0 Å². The van der Waals surface area contributed by atoms with Crippen molar-refractivity contribution >= 4 is 28.8 Å². The van der Waals surface area contributed by atoms with E-state index in [0.29, 0.717) is 12.1 Å². The molecular weight excluding hydrogens is 352 g/mol. The monoisotopic (exact) mass is 370 g/mol. The Morgan fingerprint density at radius 2 is 1.84 bits per heavy atom. The van der Waals surface area contributed by atoms with Crippen LogP contribution in [0.25, 0.3) is 11.3 Å². The third-order valence-electron chi connectivity index (χ3n) is 3.91. The summed E-state index contributed by atoms with van der Waals surface area (Å²) in [6.07, 6.45) is 1.72. The Bertz CT molecular complexity index is 841. The van der Waals surface area contributed by atoms with Crippen LogP contribution in [-0.4, -0.2) is 17.4 Å². The Morgan fingerprint density at radius 3 is 2.48 bits per heavy atom. The summed E-state index contributed by atoms with van der Waals surface area (Å²) in [5.74, 6) is -0.0620. The largest absolute Gasteiger partial charge is 0.352 e. The lowest BCUT2D eigenvalue weighted by atomic mass is 10.1. The summed E-state index contributed by atoms with van der Waals surface area (Å²) in [7, 11) is 0. The number of carbonyl (C=O) groups is 1. The van der Waals surface area contributed by atoms with Crippen molar-refractivity contribution in [1.82, 2.24) is 10.3 Å². The molecule has 0 atom stereocenters. The van der Waals surface area contributed by atoms with Gasteiger partial charge in [0.05, 0.1) is 10.7 Å². The first-order valence-corrected chi connectivity index (χ1v) is 9.49. The number of benzene rings is 2. The second-order valence-corrected chi connectivity index (χ2v) is 7.07. The van der Waals surface area contributed by atoms with E-state index in [1.54, 1.807) is 11.3 Å². The van der Waals surface area contributed by atoms with Crippen LogP contribution in [0.5, 0.6) is 0 Å². The van der Waals surface area contributed by atoms with E-state index in [9.17, 15) is 4.79 Å². The zero-order chi connectivity index (χ0) is 17.6. The van der Waals surface area contributed by atoms with Crippen LogP contribution in [0.15, 0.2) is 53.9 Å². The first-order valence-electron chi connectivity index (χ1n) is 8.23. The van der Waals surface area contributed by atoms with Gasteiger partial charge in [-0.15, -0.1) is 11.3 Å². The maximum Gasteiger partial charge on any atom is 0.251 e. The van der Waals surface area contributed by atoms with Crippen LogP contribution in [0.1, 0.15) is 27.9 Å². The van der Waals surface area contributed by atoms with Gasteiger partial charge in [-0.2, -0.15) is 0 Å². The third kappa shape index (κ3) is 4.68. The van der Waals surface area contributed by atoms with Gasteiger partial charge >= 0.3 is 0 Å². The SMILES string of the molecule is CCc1nc(-c2ccc(C(=O)NCCc3ccc(Cl)cc3)cc2)cs1. The number of hydrogen-bond donors (Lipinski definition) is 1. The Hall–Kier alpha value is -2.17. The van der Waals surface area contributed by atoms with E-state index in [0.717, 1.165) is 39.7 Å². The van der Waals surface area contributed by atoms with Gasteiger partial charge in [-0.05, 0) is 42.7 Å². The van der Waals surface area contributed by atoms with Crippen molar-refractivity contribution in [3.05, 3.63) is 75.1 Å². The lowest BCUT2D eigenvalue weighted by Gasteiger charge is -2.06. The lowest BCUT2D eigenvalue weighted by Crippen LogP contribution is -2.25. The molecule has 0 fully saturated rings. The number of aromatic nitrogens is 1. The van der Waals surface area contributed by atoms with Crippen molar-refractivity contribution in [3.63, 3.8) is 0 Å². The molecule has 0 aliphatic heterocycles. The van der Waals surface area contributed by atoms with Crippen LogP contribution in [0.4, 0.5) is 0 Å². The van der Waals surface area contributed by atoms with Crippen LogP contribution < -0.4 is 5.32 Å². The van der Waals surface area contributed by atoms with Crippen molar-refractivity contribution in [2.24, 2.45) is 0 Å². The molecule has 3 nitrogen and oxygen atoms in total. The highest BCUT2D eigenvalue weighted by atomic mass is 35.5. The minimum Gasteiger partial charge on any atom is -0.352 e. The lowest BCUT2D eigenvalue weighted by molar-refractivity contribution is 0.0954. The van der Waals surface area contributed by atoms with Gasteiger partial charge < -0.3 is 5.32 Å². The predicted octanol–water partition coefficient (Wildman–Crippen LogP) is 5.00. The molecule has 3 rings (SSSR count). The maximum absolute atomic E-state index is 12.2. The van der Waals surface area contributed by atoms with E-state index in [-0.39, 0.29) is 5.91 Å². The van der Waals surface area contributed by atoms with E-state index in [2.05, 4.69) is 22.6 Å². The molecule has 0 radical (unpaired) electrons. The second-order valence-electron chi connectivity index (χ2n) is 5.69. The standard InChI is InChI=1S/C20H19ClN2OS/c1-2-19-23-18(13-25-19)15-5-7-16(8-6-15)20(24)22-12-11-14-3-9-17(21)10-4-14/h3-10,13H,2,11-12H2,1H3,(H,22,24). The topological polar surface area (TPSA) is 42.0 Å². The number of hydrogen-bond acceptors (Lipinski definition) is 3. The van der Waals surface area contributed by atoms with Gasteiger partial charge in [-0.3, -0.25) is 4.79 Å². The molecule has 0 aliphatic rings. The molecule has 0 saturated heterocycles. The van der Waals surface area contributed by atoms with Gasteiger partial charge in [-0.1, -0.05) is 42.8 Å². The fourth-order valence-electron chi connectivity index (χ4n) is 2.47. The number of rotatable bonds is 6. The smallest absolute Gasteiger partial charge is 0.251 e. The Labute approximate surface area is 156 Å². The minimum absolute atomic E-state index is 0.0620. The second kappa shape index (κ2) is 8.28. The number of aryl methyl sites for hydroxylation is 1. The van der Waals surface area contributed by atoms with Gasteiger partial charge in [-0.25, -0.2) is 4.98 Å². The van der Waals surface area contributed by atoms with Crippen molar-refractivity contribution in [1.29, 1.82) is 0 Å². The summed E-state index contributed by atoms with van der Waals surface area (Å²) in [6, 6.07) is 15.3. The maximum atomic E-state index is 12.2. The average Bonchev–Trinajstić information content (AvgIpc) is 3.13. The molecule has 0 aliphatic carbocycles. The zero-order valence-electron chi connectivity index (χ0n) is 14.0. The van der Waals surface area contributed by atoms with Crippen LogP contribution >= 0.6 is 22.9 Å². The number of amides is 1. The molecule has 1 N–H and O–H groups in total. The van der Waals surface area contributed by atoms with Gasteiger partial charge in [0.2, 0.25) is 0 Å². The molecule has 1 aromatic heterocycles. The number of halogens is 1. The molecule has 1 amide bonds. The molecule has 0 unspecified atom stereocenters.